The second-order valence-electron chi connectivity index (χ2n) is 5.13. The van der Waals surface area contributed by atoms with Crippen LogP contribution in [-0.2, 0) is 17.6 Å². The summed E-state index contributed by atoms with van der Waals surface area (Å²) in [4.78, 5) is 10.4. The summed E-state index contributed by atoms with van der Waals surface area (Å²) in [5.41, 5.74) is 8.64. The minimum absolute atomic E-state index is 0.211. The highest BCUT2D eigenvalue weighted by atomic mass is 16.5. The summed E-state index contributed by atoms with van der Waals surface area (Å²) in [5.74, 6) is 0.117. The number of aliphatic carboxylic acids is 1. The average Bonchev–Trinajstić information content (AvgIpc) is 2.37. The van der Waals surface area contributed by atoms with Gasteiger partial charge in [0.25, 0.3) is 0 Å². The summed E-state index contributed by atoms with van der Waals surface area (Å²) >= 11 is 0. The molecule has 3 N–H and O–H groups in total. The molecule has 0 bridgehead atoms. The number of aryl methyl sites for hydroxylation is 1. The van der Waals surface area contributed by atoms with Gasteiger partial charge >= 0.3 is 5.97 Å². The molecule has 0 saturated carbocycles. The van der Waals surface area contributed by atoms with Crippen molar-refractivity contribution in [3.63, 3.8) is 0 Å². The van der Waals surface area contributed by atoms with Crippen molar-refractivity contribution >= 4 is 5.97 Å². The van der Waals surface area contributed by atoms with E-state index in [-0.39, 0.29) is 12.5 Å². The Kier molecular flexibility index (Phi) is 4.80. The van der Waals surface area contributed by atoms with Crippen LogP contribution >= 0.6 is 0 Å². The first kappa shape index (κ1) is 13.9. The fourth-order valence-corrected chi connectivity index (χ4v) is 2.42. The van der Waals surface area contributed by atoms with E-state index < -0.39 is 5.97 Å². The van der Waals surface area contributed by atoms with Crippen LogP contribution in [0.5, 0.6) is 5.75 Å². The van der Waals surface area contributed by atoms with Gasteiger partial charge in [-0.25, -0.2) is 0 Å². The van der Waals surface area contributed by atoms with Gasteiger partial charge in [0.2, 0.25) is 0 Å². The average molecular weight is 263 g/mol. The summed E-state index contributed by atoms with van der Waals surface area (Å²) in [7, 11) is 0. The number of hydrogen-bond acceptors (Lipinski definition) is 3. The first-order valence-corrected chi connectivity index (χ1v) is 6.87. The number of hydrogen-bond donors (Lipinski definition) is 2. The van der Waals surface area contributed by atoms with Crippen molar-refractivity contribution in [2.24, 2.45) is 5.73 Å². The maximum Gasteiger partial charge on any atom is 0.303 e. The monoisotopic (exact) mass is 263 g/mol. The van der Waals surface area contributed by atoms with Crippen molar-refractivity contribution in [1.29, 1.82) is 0 Å². The first-order chi connectivity index (χ1) is 9.15. The van der Waals surface area contributed by atoms with Crippen LogP contribution in [0.3, 0.4) is 0 Å². The molecule has 0 aromatic heterocycles. The zero-order valence-corrected chi connectivity index (χ0v) is 11.1. The molecule has 4 nitrogen and oxygen atoms in total. The van der Waals surface area contributed by atoms with Gasteiger partial charge in [-0.1, -0.05) is 6.07 Å². The van der Waals surface area contributed by atoms with Crippen LogP contribution in [0, 0.1) is 0 Å². The molecule has 0 fully saturated rings. The van der Waals surface area contributed by atoms with Crippen molar-refractivity contribution in [2.45, 2.75) is 44.6 Å². The van der Waals surface area contributed by atoms with Gasteiger partial charge in [0, 0.05) is 12.5 Å². The molecule has 0 amide bonds. The number of ether oxygens (including phenoxy) is 1. The number of benzene rings is 1. The van der Waals surface area contributed by atoms with E-state index in [4.69, 9.17) is 15.6 Å². The smallest absolute Gasteiger partial charge is 0.303 e. The molecule has 0 unspecified atom stereocenters. The minimum Gasteiger partial charge on any atom is -0.494 e. The van der Waals surface area contributed by atoms with Gasteiger partial charge in [0.1, 0.15) is 5.75 Å². The van der Waals surface area contributed by atoms with Crippen molar-refractivity contribution in [2.75, 3.05) is 6.61 Å². The Balaban J connectivity index is 1.81. The van der Waals surface area contributed by atoms with Gasteiger partial charge in [-0.05, 0) is 55.4 Å². The van der Waals surface area contributed by atoms with Crippen LogP contribution in [0.1, 0.15) is 36.8 Å². The van der Waals surface area contributed by atoms with Crippen LogP contribution in [0.4, 0.5) is 0 Å². The second kappa shape index (κ2) is 6.57. The minimum atomic E-state index is -0.747. The highest BCUT2D eigenvalue weighted by Gasteiger charge is 2.15. The summed E-state index contributed by atoms with van der Waals surface area (Å²) in [6.07, 6.45) is 4.67. The van der Waals surface area contributed by atoms with Crippen LogP contribution in [0.15, 0.2) is 18.2 Å². The zero-order chi connectivity index (χ0) is 13.7. The second-order valence-corrected chi connectivity index (χ2v) is 5.13. The predicted molar refractivity (Wildman–Crippen MR) is 73.4 cm³/mol. The molecule has 1 atom stereocenters. The topological polar surface area (TPSA) is 72.5 Å². The Bertz CT molecular complexity index is 445. The summed E-state index contributed by atoms with van der Waals surface area (Å²) in [6, 6.07) is 6.45. The van der Waals surface area contributed by atoms with E-state index in [1.54, 1.807) is 0 Å². The van der Waals surface area contributed by atoms with Crippen molar-refractivity contribution < 1.29 is 14.6 Å². The fourth-order valence-electron chi connectivity index (χ4n) is 2.42. The van der Waals surface area contributed by atoms with Gasteiger partial charge in [-0.2, -0.15) is 0 Å². The molecular weight excluding hydrogens is 242 g/mol. The molecule has 1 aromatic rings. The number of carboxylic acid groups (broad SMARTS) is 1. The third kappa shape index (κ3) is 4.24. The maximum atomic E-state index is 10.4. The molecule has 0 saturated heterocycles. The maximum absolute atomic E-state index is 10.4. The predicted octanol–water partition coefficient (Wildman–Crippen LogP) is 2.14. The van der Waals surface area contributed by atoms with E-state index in [1.165, 1.54) is 11.1 Å². The van der Waals surface area contributed by atoms with E-state index in [0.29, 0.717) is 13.0 Å². The lowest BCUT2D eigenvalue weighted by molar-refractivity contribution is -0.137. The van der Waals surface area contributed by atoms with Crippen LogP contribution < -0.4 is 10.5 Å². The quantitative estimate of drug-likeness (QED) is 0.771. The van der Waals surface area contributed by atoms with Gasteiger partial charge in [0.15, 0.2) is 0 Å². The number of carboxylic acids is 1. The molecule has 0 spiro atoms. The number of carbonyl (C=O) groups is 1. The van der Waals surface area contributed by atoms with Crippen LogP contribution in [0.25, 0.3) is 0 Å². The number of fused-ring (bicyclic) bond motifs is 1. The van der Waals surface area contributed by atoms with Crippen molar-refractivity contribution in [3.8, 4) is 5.75 Å². The highest BCUT2D eigenvalue weighted by molar-refractivity contribution is 5.66. The first-order valence-electron chi connectivity index (χ1n) is 6.87. The molecule has 0 aliphatic heterocycles. The normalized spacial score (nSPS) is 17.8. The molecule has 0 heterocycles. The highest BCUT2D eigenvalue weighted by Crippen LogP contribution is 2.25. The lowest BCUT2D eigenvalue weighted by Crippen LogP contribution is -2.27. The Morgan fingerprint density at radius 2 is 2.21 bits per heavy atom. The van der Waals surface area contributed by atoms with E-state index in [1.807, 2.05) is 6.07 Å². The molecule has 0 radical (unpaired) electrons. The molecule has 1 aliphatic rings. The largest absolute Gasteiger partial charge is 0.494 e. The Morgan fingerprint density at radius 3 is 3.00 bits per heavy atom. The SMILES string of the molecule is N[C@H]1CCc2ccc(OCCCCC(=O)O)cc2C1. The summed E-state index contributed by atoms with van der Waals surface area (Å²) < 4.78 is 5.66. The third-order valence-corrected chi connectivity index (χ3v) is 3.50. The van der Waals surface area contributed by atoms with Gasteiger partial charge in [-0.3, -0.25) is 4.79 Å². The van der Waals surface area contributed by atoms with Crippen molar-refractivity contribution in [3.05, 3.63) is 29.3 Å². The number of unbranched alkanes of at least 4 members (excludes halogenated alkanes) is 1. The summed E-state index contributed by atoms with van der Waals surface area (Å²) in [6.45, 7) is 0.568. The lowest BCUT2D eigenvalue weighted by Gasteiger charge is -2.22. The number of rotatable bonds is 6. The van der Waals surface area contributed by atoms with E-state index in [0.717, 1.165) is 31.4 Å². The Morgan fingerprint density at radius 1 is 1.37 bits per heavy atom. The van der Waals surface area contributed by atoms with Gasteiger partial charge in [0.05, 0.1) is 6.61 Å². The van der Waals surface area contributed by atoms with Gasteiger partial charge < -0.3 is 15.6 Å². The molecule has 1 aromatic carbocycles. The van der Waals surface area contributed by atoms with Gasteiger partial charge in [-0.15, -0.1) is 0 Å². The lowest BCUT2D eigenvalue weighted by atomic mass is 9.89. The fraction of sp³-hybridized carbons (Fsp3) is 0.533. The molecule has 104 valence electrons. The third-order valence-electron chi connectivity index (χ3n) is 3.50. The Hall–Kier alpha value is -1.55. The van der Waals surface area contributed by atoms with E-state index in [9.17, 15) is 4.79 Å². The van der Waals surface area contributed by atoms with Crippen LogP contribution in [-0.4, -0.2) is 23.7 Å². The van der Waals surface area contributed by atoms with E-state index in [2.05, 4.69) is 12.1 Å². The van der Waals surface area contributed by atoms with Crippen molar-refractivity contribution in [1.82, 2.24) is 0 Å². The molecule has 4 heteroatoms. The van der Waals surface area contributed by atoms with E-state index >= 15 is 0 Å². The molecule has 1 aliphatic carbocycles. The molecular formula is C15H21NO3. The van der Waals surface area contributed by atoms with Crippen LogP contribution in [0.2, 0.25) is 0 Å². The Labute approximate surface area is 113 Å². The zero-order valence-electron chi connectivity index (χ0n) is 11.1. The molecule has 19 heavy (non-hydrogen) atoms. The number of nitrogens with two attached hydrogens (primary N) is 1. The molecule has 2 rings (SSSR count). The summed E-state index contributed by atoms with van der Waals surface area (Å²) in [5, 5.41) is 8.53. The standard InChI is InChI=1S/C15H21NO3/c16-13-6-4-11-5-7-14(10-12(11)9-13)19-8-2-1-3-15(17)18/h5,7,10,13H,1-4,6,8-9,16H2,(H,17,18)/t13-/m0/s1.